The highest BCUT2D eigenvalue weighted by atomic mass is 16.5. The Morgan fingerprint density at radius 1 is 1.32 bits per heavy atom. The highest BCUT2D eigenvalue weighted by Crippen LogP contribution is 2.21. The first kappa shape index (κ1) is 16.3. The highest BCUT2D eigenvalue weighted by Gasteiger charge is 2.33. The fourth-order valence-corrected chi connectivity index (χ4v) is 2.83. The quantitative estimate of drug-likeness (QED) is 0.878. The second kappa shape index (κ2) is 7.26. The molecule has 1 N–H and O–H groups in total. The van der Waals surface area contributed by atoms with E-state index in [-0.39, 0.29) is 11.8 Å². The molecule has 0 saturated carbocycles. The Morgan fingerprint density at radius 3 is 2.68 bits per heavy atom. The van der Waals surface area contributed by atoms with Crippen molar-refractivity contribution in [2.24, 2.45) is 0 Å². The molecule has 0 radical (unpaired) electrons. The molecule has 6 heteroatoms. The van der Waals surface area contributed by atoms with E-state index in [2.05, 4.69) is 10.2 Å². The minimum Gasteiger partial charge on any atom is -0.496 e. The van der Waals surface area contributed by atoms with Crippen LogP contribution in [0.25, 0.3) is 0 Å². The van der Waals surface area contributed by atoms with E-state index in [0.29, 0.717) is 19.6 Å². The molecule has 1 atom stereocenters. The van der Waals surface area contributed by atoms with Gasteiger partial charge in [-0.15, -0.1) is 0 Å². The largest absolute Gasteiger partial charge is 0.496 e. The van der Waals surface area contributed by atoms with Gasteiger partial charge in [-0.1, -0.05) is 18.2 Å². The second-order valence-electron chi connectivity index (χ2n) is 5.39. The lowest BCUT2D eigenvalue weighted by Gasteiger charge is -2.40. The number of para-hydroxylation sites is 1. The van der Waals surface area contributed by atoms with Crippen LogP contribution in [-0.4, -0.2) is 61.4 Å². The van der Waals surface area contributed by atoms with Gasteiger partial charge in [-0.3, -0.25) is 14.5 Å². The monoisotopic (exact) mass is 305 g/mol. The number of rotatable bonds is 4. The van der Waals surface area contributed by atoms with E-state index in [4.69, 9.17) is 4.74 Å². The van der Waals surface area contributed by atoms with Crippen molar-refractivity contribution in [3.8, 4) is 5.75 Å². The lowest BCUT2D eigenvalue weighted by Crippen LogP contribution is -2.59. The van der Waals surface area contributed by atoms with Gasteiger partial charge >= 0.3 is 0 Å². The number of hydrogen-bond donors (Lipinski definition) is 1. The van der Waals surface area contributed by atoms with Crippen LogP contribution in [0.2, 0.25) is 0 Å². The van der Waals surface area contributed by atoms with E-state index in [1.165, 1.54) is 6.92 Å². The zero-order chi connectivity index (χ0) is 16.1. The Labute approximate surface area is 131 Å². The maximum absolute atomic E-state index is 12.0. The number of carbonyl (C=O) groups is 2. The van der Waals surface area contributed by atoms with Crippen LogP contribution in [0.3, 0.4) is 0 Å². The minimum absolute atomic E-state index is 0.0643. The molecular weight excluding hydrogens is 282 g/mol. The molecule has 22 heavy (non-hydrogen) atoms. The van der Waals surface area contributed by atoms with Crippen molar-refractivity contribution in [1.82, 2.24) is 15.1 Å². The molecular formula is C16H23N3O3. The van der Waals surface area contributed by atoms with Gasteiger partial charge in [0.05, 0.1) is 7.11 Å². The van der Waals surface area contributed by atoms with E-state index in [1.807, 2.05) is 24.3 Å². The van der Waals surface area contributed by atoms with Crippen LogP contribution in [0.1, 0.15) is 12.5 Å². The molecule has 1 aromatic rings. The molecule has 0 aromatic heterocycles. The second-order valence-corrected chi connectivity index (χ2v) is 5.39. The standard InChI is InChI=1S/C16H23N3O3/c1-12(20)19-9-8-18(11-14(19)16(21)17-2)10-13-6-4-5-7-15(13)22-3/h4-7,14H,8-11H2,1-3H3,(H,17,21)/t14-/m0/s1. The van der Waals surface area contributed by atoms with E-state index < -0.39 is 6.04 Å². The maximum atomic E-state index is 12.0. The van der Waals surface area contributed by atoms with Gasteiger partial charge in [0.1, 0.15) is 11.8 Å². The molecule has 1 aliphatic rings. The van der Waals surface area contributed by atoms with Crippen LogP contribution in [-0.2, 0) is 16.1 Å². The SMILES string of the molecule is CNC(=O)[C@@H]1CN(Cc2ccccc2OC)CCN1C(C)=O. The lowest BCUT2D eigenvalue weighted by molar-refractivity contribution is -0.142. The van der Waals surface area contributed by atoms with Crippen molar-refractivity contribution >= 4 is 11.8 Å². The first-order chi connectivity index (χ1) is 10.6. The summed E-state index contributed by atoms with van der Waals surface area (Å²) in [5, 5.41) is 2.64. The summed E-state index contributed by atoms with van der Waals surface area (Å²) in [5.74, 6) is 0.651. The van der Waals surface area contributed by atoms with Crippen molar-refractivity contribution in [3.05, 3.63) is 29.8 Å². The van der Waals surface area contributed by atoms with Gasteiger partial charge in [-0.05, 0) is 6.07 Å². The molecule has 2 rings (SSSR count). The maximum Gasteiger partial charge on any atom is 0.243 e. The number of hydrogen-bond acceptors (Lipinski definition) is 4. The van der Waals surface area contributed by atoms with Gasteiger partial charge in [0.25, 0.3) is 0 Å². The number of nitrogens with one attached hydrogen (secondary N) is 1. The molecule has 0 unspecified atom stereocenters. The molecule has 1 fully saturated rings. The highest BCUT2D eigenvalue weighted by molar-refractivity contribution is 5.87. The summed E-state index contributed by atoms with van der Waals surface area (Å²) in [5.41, 5.74) is 1.08. The average Bonchev–Trinajstić information content (AvgIpc) is 2.54. The van der Waals surface area contributed by atoms with Gasteiger partial charge in [0.2, 0.25) is 11.8 Å². The fraction of sp³-hybridized carbons (Fsp3) is 0.500. The number of carbonyl (C=O) groups excluding carboxylic acids is 2. The number of piperazine rings is 1. The molecule has 1 saturated heterocycles. The van der Waals surface area contributed by atoms with Crippen molar-refractivity contribution < 1.29 is 14.3 Å². The van der Waals surface area contributed by atoms with Crippen LogP contribution in [0.15, 0.2) is 24.3 Å². The summed E-state index contributed by atoms with van der Waals surface area (Å²) >= 11 is 0. The number of benzene rings is 1. The van der Waals surface area contributed by atoms with Gasteiger partial charge in [-0.2, -0.15) is 0 Å². The Morgan fingerprint density at radius 2 is 2.05 bits per heavy atom. The summed E-state index contributed by atoms with van der Waals surface area (Å²) < 4.78 is 5.37. The van der Waals surface area contributed by atoms with Crippen LogP contribution >= 0.6 is 0 Å². The first-order valence-corrected chi connectivity index (χ1v) is 7.40. The summed E-state index contributed by atoms with van der Waals surface area (Å²) in [6.07, 6.45) is 0. The Balaban J connectivity index is 2.11. The zero-order valence-corrected chi connectivity index (χ0v) is 13.3. The molecule has 1 heterocycles. The third-order valence-corrected chi connectivity index (χ3v) is 4.00. The Hall–Kier alpha value is -2.08. The van der Waals surface area contributed by atoms with E-state index in [9.17, 15) is 9.59 Å². The van der Waals surface area contributed by atoms with E-state index >= 15 is 0 Å². The van der Waals surface area contributed by atoms with Gasteiger partial charge in [0, 0.05) is 45.7 Å². The predicted molar refractivity (Wildman–Crippen MR) is 83.5 cm³/mol. The fourth-order valence-electron chi connectivity index (χ4n) is 2.83. The third-order valence-electron chi connectivity index (χ3n) is 4.00. The van der Waals surface area contributed by atoms with Crippen LogP contribution in [0.4, 0.5) is 0 Å². The average molecular weight is 305 g/mol. The van der Waals surface area contributed by atoms with Gasteiger partial charge < -0.3 is 15.0 Å². The van der Waals surface area contributed by atoms with Crippen LogP contribution in [0, 0.1) is 0 Å². The molecule has 0 bridgehead atoms. The molecule has 6 nitrogen and oxygen atoms in total. The van der Waals surface area contributed by atoms with Crippen molar-refractivity contribution in [1.29, 1.82) is 0 Å². The predicted octanol–water partition coefficient (Wildman–Crippen LogP) is 0.474. The summed E-state index contributed by atoms with van der Waals surface area (Å²) in [4.78, 5) is 27.6. The molecule has 0 aliphatic carbocycles. The number of ether oxygens (including phenoxy) is 1. The zero-order valence-electron chi connectivity index (χ0n) is 13.3. The molecule has 1 aliphatic heterocycles. The number of methoxy groups -OCH3 is 1. The first-order valence-electron chi connectivity index (χ1n) is 7.40. The van der Waals surface area contributed by atoms with Crippen molar-refractivity contribution in [3.63, 3.8) is 0 Å². The summed E-state index contributed by atoms with van der Waals surface area (Å²) in [6.45, 7) is 4.03. The van der Waals surface area contributed by atoms with Crippen LogP contribution in [0.5, 0.6) is 5.75 Å². The van der Waals surface area contributed by atoms with Crippen LogP contribution < -0.4 is 10.1 Å². The molecule has 120 valence electrons. The van der Waals surface area contributed by atoms with Crippen molar-refractivity contribution in [2.45, 2.75) is 19.5 Å². The van der Waals surface area contributed by atoms with Crippen molar-refractivity contribution in [2.75, 3.05) is 33.8 Å². The molecule has 0 spiro atoms. The third kappa shape index (κ3) is 3.57. The minimum atomic E-state index is -0.439. The van der Waals surface area contributed by atoms with E-state index in [0.717, 1.165) is 17.9 Å². The number of amides is 2. The summed E-state index contributed by atoms with van der Waals surface area (Å²) in [6, 6.07) is 7.41. The smallest absolute Gasteiger partial charge is 0.243 e. The Bertz CT molecular complexity index is 547. The molecule has 1 aromatic carbocycles. The van der Waals surface area contributed by atoms with Gasteiger partial charge in [0.15, 0.2) is 0 Å². The summed E-state index contributed by atoms with van der Waals surface area (Å²) in [7, 11) is 3.25. The lowest BCUT2D eigenvalue weighted by atomic mass is 10.1. The van der Waals surface area contributed by atoms with Gasteiger partial charge in [-0.25, -0.2) is 0 Å². The van der Waals surface area contributed by atoms with E-state index in [1.54, 1.807) is 19.1 Å². The normalized spacial score (nSPS) is 18.9. The molecule has 2 amide bonds. The Kier molecular flexibility index (Phi) is 5.38. The number of nitrogens with zero attached hydrogens (tertiary/aromatic N) is 2. The number of likely N-dealkylation sites (N-methyl/N-ethyl adjacent to an activating group) is 1. The topological polar surface area (TPSA) is 61.9 Å².